The van der Waals surface area contributed by atoms with Gasteiger partial charge < -0.3 is 9.88 Å². The molecule has 0 aliphatic rings. The molecule has 21 heavy (non-hydrogen) atoms. The van der Waals surface area contributed by atoms with Crippen LogP contribution >= 0.6 is 0 Å². The highest BCUT2D eigenvalue weighted by Gasteiger charge is 2.04. The van der Waals surface area contributed by atoms with Gasteiger partial charge in [-0.3, -0.25) is 4.68 Å². The van der Waals surface area contributed by atoms with E-state index in [2.05, 4.69) is 51.5 Å². The molecule has 0 aromatic carbocycles. The fraction of sp³-hybridized carbons (Fsp3) is 0.625. The summed E-state index contributed by atoms with van der Waals surface area (Å²) in [5.74, 6) is 0.674. The van der Waals surface area contributed by atoms with Crippen molar-refractivity contribution in [3.8, 4) is 0 Å². The molecule has 0 bridgehead atoms. The zero-order chi connectivity index (χ0) is 15.2. The molecular weight excluding hydrogens is 262 g/mol. The smallest absolute Gasteiger partial charge is 0.0948 e. The monoisotopic (exact) mass is 289 g/mol. The molecule has 0 fully saturated rings. The van der Waals surface area contributed by atoms with Crippen LogP contribution in [0.2, 0.25) is 0 Å². The Morgan fingerprint density at radius 3 is 2.71 bits per heavy atom. The van der Waals surface area contributed by atoms with Gasteiger partial charge in [-0.1, -0.05) is 13.8 Å². The average Bonchev–Trinajstić information content (AvgIpc) is 2.97. The van der Waals surface area contributed by atoms with Crippen LogP contribution in [-0.2, 0) is 19.6 Å². The van der Waals surface area contributed by atoms with Crippen LogP contribution in [0.4, 0.5) is 0 Å². The standard InChI is InChI=1S/C16H27N5/c1-13(2)9-17-10-16-11-18-12-20(16)6-5-7-21-15(4)8-14(3)19-21/h8,11-13,17H,5-7,9-10H2,1-4H3. The second-order valence-corrected chi connectivity index (χ2v) is 6.11. The van der Waals surface area contributed by atoms with Crippen LogP contribution in [0.25, 0.3) is 0 Å². The number of nitrogens with zero attached hydrogens (tertiary/aromatic N) is 4. The highest BCUT2D eigenvalue weighted by Crippen LogP contribution is 2.05. The molecule has 0 aliphatic heterocycles. The van der Waals surface area contributed by atoms with Crippen molar-refractivity contribution in [1.29, 1.82) is 0 Å². The van der Waals surface area contributed by atoms with Crippen molar-refractivity contribution in [3.63, 3.8) is 0 Å². The Labute approximate surface area is 127 Å². The number of rotatable bonds is 8. The van der Waals surface area contributed by atoms with Gasteiger partial charge in [0.05, 0.1) is 17.7 Å². The van der Waals surface area contributed by atoms with Gasteiger partial charge in [-0.25, -0.2) is 4.98 Å². The Balaban J connectivity index is 1.81. The van der Waals surface area contributed by atoms with Crippen molar-refractivity contribution in [2.24, 2.45) is 5.92 Å². The van der Waals surface area contributed by atoms with E-state index >= 15 is 0 Å². The molecule has 2 aromatic heterocycles. The zero-order valence-corrected chi connectivity index (χ0v) is 13.6. The van der Waals surface area contributed by atoms with Crippen molar-refractivity contribution in [1.82, 2.24) is 24.6 Å². The summed E-state index contributed by atoms with van der Waals surface area (Å²) in [5, 5.41) is 7.97. The summed E-state index contributed by atoms with van der Waals surface area (Å²) < 4.78 is 4.32. The molecule has 2 rings (SSSR count). The zero-order valence-electron chi connectivity index (χ0n) is 13.6. The van der Waals surface area contributed by atoms with E-state index < -0.39 is 0 Å². The van der Waals surface area contributed by atoms with Gasteiger partial charge in [-0.05, 0) is 38.8 Å². The number of hydrogen-bond acceptors (Lipinski definition) is 3. The quantitative estimate of drug-likeness (QED) is 0.812. The minimum atomic E-state index is 0.674. The van der Waals surface area contributed by atoms with Crippen LogP contribution in [0.15, 0.2) is 18.6 Å². The largest absolute Gasteiger partial charge is 0.333 e. The van der Waals surface area contributed by atoms with Crippen molar-refractivity contribution in [2.45, 2.75) is 53.8 Å². The minimum absolute atomic E-state index is 0.674. The van der Waals surface area contributed by atoms with E-state index in [1.807, 2.05) is 19.4 Å². The van der Waals surface area contributed by atoms with E-state index in [9.17, 15) is 0 Å². The summed E-state index contributed by atoms with van der Waals surface area (Å²) in [5.41, 5.74) is 3.58. The third-order valence-corrected chi connectivity index (χ3v) is 3.53. The first kappa shape index (κ1) is 15.8. The third kappa shape index (κ3) is 4.70. The molecule has 0 unspecified atom stereocenters. The first-order valence-corrected chi connectivity index (χ1v) is 7.77. The molecule has 0 saturated carbocycles. The summed E-state index contributed by atoms with van der Waals surface area (Å²) in [6.07, 6.45) is 4.94. The number of imidazole rings is 1. The highest BCUT2D eigenvalue weighted by molar-refractivity contribution is 5.06. The summed E-state index contributed by atoms with van der Waals surface area (Å²) in [6.45, 7) is 12.5. The van der Waals surface area contributed by atoms with Crippen LogP contribution in [0.1, 0.15) is 37.4 Å². The summed E-state index contributed by atoms with van der Waals surface area (Å²) >= 11 is 0. The number of hydrogen-bond donors (Lipinski definition) is 1. The summed E-state index contributed by atoms with van der Waals surface area (Å²) in [4.78, 5) is 4.27. The molecule has 5 nitrogen and oxygen atoms in total. The SMILES string of the molecule is Cc1cc(C)n(CCCn2cncc2CNCC(C)C)n1. The van der Waals surface area contributed by atoms with Crippen LogP contribution in [0.3, 0.4) is 0 Å². The number of nitrogens with one attached hydrogen (secondary N) is 1. The Kier molecular flexibility index (Phi) is 5.56. The van der Waals surface area contributed by atoms with Crippen molar-refractivity contribution in [2.75, 3.05) is 6.54 Å². The van der Waals surface area contributed by atoms with Crippen LogP contribution in [-0.4, -0.2) is 25.9 Å². The van der Waals surface area contributed by atoms with Gasteiger partial charge in [0.25, 0.3) is 0 Å². The molecule has 0 amide bonds. The van der Waals surface area contributed by atoms with Crippen molar-refractivity contribution in [3.05, 3.63) is 35.7 Å². The second kappa shape index (κ2) is 7.41. The maximum absolute atomic E-state index is 4.50. The predicted octanol–water partition coefficient (Wildman–Crippen LogP) is 2.53. The van der Waals surface area contributed by atoms with Gasteiger partial charge in [-0.2, -0.15) is 5.10 Å². The lowest BCUT2D eigenvalue weighted by Crippen LogP contribution is -2.21. The Hall–Kier alpha value is -1.62. The first-order chi connectivity index (χ1) is 10.1. The second-order valence-electron chi connectivity index (χ2n) is 6.11. The molecule has 2 heterocycles. The van der Waals surface area contributed by atoms with Crippen LogP contribution in [0.5, 0.6) is 0 Å². The Bertz CT molecular complexity index is 553. The third-order valence-electron chi connectivity index (χ3n) is 3.53. The maximum atomic E-state index is 4.50. The van der Waals surface area contributed by atoms with E-state index in [4.69, 9.17) is 0 Å². The van der Waals surface area contributed by atoms with E-state index in [-0.39, 0.29) is 0 Å². The molecular formula is C16H27N5. The van der Waals surface area contributed by atoms with Gasteiger partial charge in [0.15, 0.2) is 0 Å². The van der Waals surface area contributed by atoms with Gasteiger partial charge in [0.2, 0.25) is 0 Å². The van der Waals surface area contributed by atoms with Crippen LogP contribution < -0.4 is 5.32 Å². The molecule has 116 valence electrons. The molecule has 0 atom stereocenters. The molecule has 0 spiro atoms. The fourth-order valence-corrected chi connectivity index (χ4v) is 2.48. The summed E-state index contributed by atoms with van der Waals surface area (Å²) in [6, 6.07) is 2.12. The van der Waals surface area contributed by atoms with E-state index in [1.165, 1.54) is 11.4 Å². The van der Waals surface area contributed by atoms with E-state index in [0.29, 0.717) is 5.92 Å². The van der Waals surface area contributed by atoms with Gasteiger partial charge in [0.1, 0.15) is 0 Å². The maximum Gasteiger partial charge on any atom is 0.0948 e. The molecule has 0 aliphatic carbocycles. The number of aryl methyl sites for hydroxylation is 4. The van der Waals surface area contributed by atoms with Crippen molar-refractivity contribution < 1.29 is 0 Å². The molecule has 5 heteroatoms. The summed E-state index contributed by atoms with van der Waals surface area (Å²) in [7, 11) is 0. The van der Waals surface area contributed by atoms with E-state index in [0.717, 1.165) is 38.3 Å². The average molecular weight is 289 g/mol. The number of aromatic nitrogens is 4. The highest BCUT2D eigenvalue weighted by atomic mass is 15.3. The van der Waals surface area contributed by atoms with E-state index in [1.54, 1.807) is 0 Å². The Morgan fingerprint density at radius 2 is 2.05 bits per heavy atom. The van der Waals surface area contributed by atoms with Gasteiger partial charge in [0, 0.05) is 31.5 Å². The lowest BCUT2D eigenvalue weighted by Gasteiger charge is -2.11. The lowest BCUT2D eigenvalue weighted by atomic mass is 10.2. The first-order valence-electron chi connectivity index (χ1n) is 7.77. The topological polar surface area (TPSA) is 47.7 Å². The van der Waals surface area contributed by atoms with Crippen molar-refractivity contribution >= 4 is 0 Å². The predicted molar refractivity (Wildman–Crippen MR) is 85.1 cm³/mol. The lowest BCUT2D eigenvalue weighted by molar-refractivity contribution is 0.495. The molecule has 1 N–H and O–H groups in total. The van der Waals surface area contributed by atoms with Gasteiger partial charge >= 0.3 is 0 Å². The fourth-order valence-electron chi connectivity index (χ4n) is 2.48. The molecule has 0 saturated heterocycles. The molecule has 0 radical (unpaired) electrons. The normalized spacial score (nSPS) is 11.5. The molecule has 2 aromatic rings. The minimum Gasteiger partial charge on any atom is -0.333 e. The Morgan fingerprint density at radius 1 is 1.24 bits per heavy atom. The van der Waals surface area contributed by atoms with Gasteiger partial charge in [-0.15, -0.1) is 0 Å². The van der Waals surface area contributed by atoms with Crippen LogP contribution in [0, 0.1) is 19.8 Å².